The number of nitrogens with zero attached hydrogens (tertiary/aromatic N) is 2. The fourth-order valence-corrected chi connectivity index (χ4v) is 9.16. The fourth-order valence-electron chi connectivity index (χ4n) is 9.16. The Bertz CT molecular complexity index is 1450. The van der Waals surface area contributed by atoms with Crippen molar-refractivity contribution in [3.63, 3.8) is 0 Å². The minimum Gasteiger partial charge on any atom is -0.459 e. The number of allylic oxidation sites excluding steroid dienone is 1. The fraction of sp³-hybridized carbons (Fsp3) is 0.711. The largest absolute Gasteiger partial charge is 0.459 e. The normalized spacial score (nSPS) is 24.4. The van der Waals surface area contributed by atoms with Crippen LogP contribution in [0.3, 0.4) is 0 Å². The monoisotopic (exact) mass is 782 g/mol. The Kier molecular flexibility index (Phi) is 19.2. The minimum absolute atomic E-state index is 0.0385. The number of hydrogen-bond donors (Lipinski definition) is 3. The number of oxime groups is 1. The standard InChI is InChI=1S/C45H71N3O8/c1-6-10-11-12-13-14-15-16-17-24-41(51)48(5)40-32-38(47-54-9-4)36-30-33(22-18-20-27-49)35(23-19-21-28-50)42-37-31-34(55-44(52)46-8-3)25-26-39(37)56-45(40,43(36)42)53-29-7-2/h7,25-26,30-31,33,35,40,42-43,49-50H,2,6,8-24,27-29,32H2,1,3-5H3,(H,46,52)/t33-,35+,40-,42+,43+,45+/m0/s1. The highest BCUT2D eigenvalue weighted by Crippen LogP contribution is 2.61. The van der Waals surface area contributed by atoms with E-state index >= 15 is 0 Å². The topological polar surface area (TPSA) is 139 Å². The summed E-state index contributed by atoms with van der Waals surface area (Å²) in [6.07, 6.45) is 19.6. The molecule has 1 aromatic rings. The van der Waals surface area contributed by atoms with E-state index in [1.807, 2.05) is 37.9 Å². The molecule has 0 aromatic heterocycles. The summed E-state index contributed by atoms with van der Waals surface area (Å²) in [5, 5.41) is 27.1. The van der Waals surface area contributed by atoms with Crippen LogP contribution >= 0.6 is 0 Å². The molecule has 1 saturated carbocycles. The van der Waals surface area contributed by atoms with Crippen molar-refractivity contribution < 1.29 is 38.9 Å². The van der Waals surface area contributed by atoms with Gasteiger partial charge in [0.25, 0.3) is 0 Å². The molecule has 1 heterocycles. The number of carbonyl (C=O) groups is 2. The van der Waals surface area contributed by atoms with Crippen molar-refractivity contribution in [1.82, 2.24) is 10.2 Å². The Balaban J connectivity index is 1.81. The van der Waals surface area contributed by atoms with Crippen molar-refractivity contribution in [2.45, 2.75) is 148 Å². The molecule has 2 aliphatic carbocycles. The Labute approximate surface area is 336 Å². The summed E-state index contributed by atoms with van der Waals surface area (Å²) >= 11 is 0. The van der Waals surface area contributed by atoms with Crippen LogP contribution in [0.1, 0.15) is 141 Å². The molecule has 3 aliphatic rings. The van der Waals surface area contributed by atoms with E-state index in [4.69, 9.17) is 24.2 Å². The van der Waals surface area contributed by atoms with Crippen molar-refractivity contribution in [3.8, 4) is 11.5 Å². The van der Waals surface area contributed by atoms with Crippen LogP contribution in [0.15, 0.2) is 47.7 Å². The van der Waals surface area contributed by atoms with Gasteiger partial charge in [-0.25, -0.2) is 4.79 Å². The van der Waals surface area contributed by atoms with Crippen molar-refractivity contribution in [2.24, 2.45) is 22.9 Å². The van der Waals surface area contributed by atoms with E-state index in [1.165, 1.54) is 38.5 Å². The summed E-state index contributed by atoms with van der Waals surface area (Å²) in [6, 6.07) is 4.97. The van der Waals surface area contributed by atoms with Gasteiger partial charge in [0, 0.05) is 51.1 Å². The van der Waals surface area contributed by atoms with Crippen LogP contribution in [0.25, 0.3) is 0 Å². The first-order chi connectivity index (χ1) is 27.3. The zero-order valence-electron chi connectivity index (χ0n) is 34.8. The van der Waals surface area contributed by atoms with Gasteiger partial charge >= 0.3 is 6.09 Å². The van der Waals surface area contributed by atoms with Crippen LogP contribution in [0.4, 0.5) is 4.79 Å². The van der Waals surface area contributed by atoms with Crippen molar-refractivity contribution >= 4 is 17.7 Å². The zero-order valence-corrected chi connectivity index (χ0v) is 34.8. The molecule has 4 rings (SSSR count). The van der Waals surface area contributed by atoms with Gasteiger partial charge in [-0.15, -0.1) is 6.58 Å². The summed E-state index contributed by atoms with van der Waals surface area (Å²) in [7, 11) is 1.86. The molecule has 0 unspecified atom stereocenters. The predicted octanol–water partition coefficient (Wildman–Crippen LogP) is 8.83. The van der Waals surface area contributed by atoms with Crippen LogP contribution in [0, 0.1) is 17.8 Å². The van der Waals surface area contributed by atoms with Crippen LogP contribution in [0.5, 0.6) is 11.5 Å². The lowest BCUT2D eigenvalue weighted by Crippen LogP contribution is -2.69. The first-order valence-electron chi connectivity index (χ1n) is 21.7. The number of fused-ring (bicyclic) bond motifs is 2. The molecular formula is C45H71N3O8. The summed E-state index contributed by atoms with van der Waals surface area (Å²) in [5.74, 6) is -0.617. The second-order valence-electron chi connectivity index (χ2n) is 15.7. The molecular weight excluding hydrogens is 711 g/mol. The SMILES string of the molecule is C=CCO[C@@]12Oc3ccc(OC(=O)NCC)cc3[C@H]3[C@H](CCCCO)[C@@H](CCCCO)C=C(C(=NOCC)C[C@@H]1N(C)C(=O)CCCCCCCCCCC)[C@H]32. The molecule has 314 valence electrons. The summed E-state index contributed by atoms with van der Waals surface area (Å²) < 4.78 is 19.9. The third-order valence-corrected chi connectivity index (χ3v) is 11.8. The number of carbonyl (C=O) groups excluding carboxylic acids is 2. The van der Waals surface area contributed by atoms with Gasteiger partial charge in [-0.05, 0) is 81.6 Å². The van der Waals surface area contributed by atoms with Gasteiger partial charge in [0.05, 0.1) is 18.2 Å². The van der Waals surface area contributed by atoms with Gasteiger partial charge in [0.15, 0.2) is 0 Å². The Hall–Kier alpha value is -3.41. The van der Waals surface area contributed by atoms with Crippen molar-refractivity contribution in [3.05, 3.63) is 48.1 Å². The van der Waals surface area contributed by atoms with E-state index in [0.29, 0.717) is 50.3 Å². The first kappa shape index (κ1) is 45.3. The highest BCUT2D eigenvalue weighted by atomic mass is 16.7. The number of unbranched alkanes of at least 4 members (excludes halogenated alkanes) is 10. The van der Waals surface area contributed by atoms with E-state index in [-0.39, 0.29) is 43.5 Å². The average Bonchev–Trinajstić information content (AvgIpc) is 3.19. The maximum Gasteiger partial charge on any atom is 0.412 e. The molecule has 0 spiro atoms. The molecule has 56 heavy (non-hydrogen) atoms. The van der Waals surface area contributed by atoms with Crippen LogP contribution in [-0.2, 0) is 14.4 Å². The van der Waals surface area contributed by atoms with Gasteiger partial charge in [-0.1, -0.05) is 88.4 Å². The number of rotatable bonds is 26. The van der Waals surface area contributed by atoms with Gasteiger partial charge in [-0.3, -0.25) is 4.79 Å². The lowest BCUT2D eigenvalue weighted by atomic mass is 9.55. The average molecular weight is 782 g/mol. The van der Waals surface area contributed by atoms with E-state index in [1.54, 1.807) is 12.1 Å². The minimum atomic E-state index is -1.29. The van der Waals surface area contributed by atoms with Gasteiger partial charge < -0.3 is 39.5 Å². The van der Waals surface area contributed by atoms with E-state index in [2.05, 4.69) is 24.9 Å². The number of likely N-dealkylation sites (N-methyl/N-ethyl adjacent to an activating group) is 1. The number of aliphatic hydroxyl groups is 2. The number of hydrogen-bond acceptors (Lipinski definition) is 9. The second kappa shape index (κ2) is 23.7. The zero-order chi connectivity index (χ0) is 40.3. The maximum atomic E-state index is 14.2. The Morgan fingerprint density at radius 1 is 0.982 bits per heavy atom. The highest BCUT2D eigenvalue weighted by Gasteiger charge is 2.65. The molecule has 11 nitrogen and oxygen atoms in total. The third kappa shape index (κ3) is 11.6. The highest BCUT2D eigenvalue weighted by molar-refractivity contribution is 6.03. The lowest BCUT2D eigenvalue weighted by molar-refractivity contribution is -0.255. The molecule has 0 bridgehead atoms. The summed E-state index contributed by atoms with van der Waals surface area (Å²) in [4.78, 5) is 34.4. The number of ether oxygens (including phenoxy) is 3. The second-order valence-corrected chi connectivity index (χ2v) is 15.7. The van der Waals surface area contributed by atoms with E-state index in [0.717, 1.165) is 61.8 Å². The van der Waals surface area contributed by atoms with Crippen molar-refractivity contribution in [2.75, 3.05) is 40.0 Å². The van der Waals surface area contributed by atoms with Crippen molar-refractivity contribution in [1.29, 1.82) is 0 Å². The quantitative estimate of drug-likeness (QED) is 0.0482. The maximum absolute atomic E-state index is 14.2. The van der Waals surface area contributed by atoms with Crippen LogP contribution in [0.2, 0.25) is 0 Å². The van der Waals surface area contributed by atoms with Crippen LogP contribution < -0.4 is 14.8 Å². The summed E-state index contributed by atoms with van der Waals surface area (Å²) in [6.45, 7) is 11.2. The molecule has 1 aromatic carbocycles. The molecule has 0 radical (unpaired) electrons. The van der Waals surface area contributed by atoms with Gasteiger partial charge in [-0.2, -0.15) is 0 Å². The first-order valence-corrected chi connectivity index (χ1v) is 21.7. The summed E-state index contributed by atoms with van der Waals surface area (Å²) in [5.41, 5.74) is 2.66. The smallest absolute Gasteiger partial charge is 0.412 e. The molecule has 11 heteroatoms. The van der Waals surface area contributed by atoms with Gasteiger partial charge in [0.1, 0.15) is 24.1 Å². The van der Waals surface area contributed by atoms with E-state index in [9.17, 15) is 19.8 Å². The number of benzene rings is 1. The molecule has 0 saturated heterocycles. The number of amides is 2. The predicted molar refractivity (Wildman–Crippen MR) is 221 cm³/mol. The van der Waals surface area contributed by atoms with Gasteiger partial charge in [0.2, 0.25) is 11.7 Å². The molecule has 6 atom stereocenters. The molecule has 1 fully saturated rings. The lowest BCUT2D eigenvalue weighted by Gasteiger charge is -2.59. The Morgan fingerprint density at radius 2 is 1.68 bits per heavy atom. The Morgan fingerprint density at radius 3 is 2.34 bits per heavy atom. The third-order valence-electron chi connectivity index (χ3n) is 11.8. The molecule has 2 amide bonds. The van der Waals surface area contributed by atoms with Crippen LogP contribution in [-0.4, -0.2) is 84.7 Å². The van der Waals surface area contributed by atoms with E-state index < -0.39 is 23.8 Å². The number of aliphatic hydroxyl groups excluding tert-OH is 2. The molecule has 3 N–H and O–H groups in total. The molecule has 1 aliphatic heterocycles. The number of nitrogens with one attached hydrogen (secondary N) is 1.